The van der Waals surface area contributed by atoms with E-state index >= 15 is 0 Å². The molecule has 1 aromatic rings. The quantitative estimate of drug-likeness (QED) is 0.819. The molecule has 3 unspecified atom stereocenters. The lowest BCUT2D eigenvalue weighted by molar-refractivity contribution is -0.146. The SMILES string of the molecule is CCCC1CCC(C(=O)O)C(N(CC)Cc2cccs2)C1. The van der Waals surface area contributed by atoms with Gasteiger partial charge in [-0.25, -0.2) is 0 Å². The molecule has 118 valence electrons. The van der Waals surface area contributed by atoms with Crippen LogP contribution in [0, 0.1) is 11.8 Å². The number of rotatable bonds is 7. The largest absolute Gasteiger partial charge is 0.481 e. The maximum Gasteiger partial charge on any atom is 0.308 e. The van der Waals surface area contributed by atoms with Crippen molar-refractivity contribution in [1.29, 1.82) is 0 Å². The maximum absolute atomic E-state index is 11.6. The summed E-state index contributed by atoms with van der Waals surface area (Å²) in [5, 5.41) is 11.7. The minimum Gasteiger partial charge on any atom is -0.481 e. The van der Waals surface area contributed by atoms with Crippen LogP contribution in [0.3, 0.4) is 0 Å². The predicted molar refractivity (Wildman–Crippen MR) is 87.6 cm³/mol. The Hall–Kier alpha value is -0.870. The summed E-state index contributed by atoms with van der Waals surface area (Å²) in [6, 6.07) is 4.42. The van der Waals surface area contributed by atoms with Gasteiger partial charge >= 0.3 is 5.97 Å². The molecule has 1 fully saturated rings. The summed E-state index contributed by atoms with van der Waals surface area (Å²) in [6.07, 6.45) is 5.40. The van der Waals surface area contributed by atoms with E-state index in [1.54, 1.807) is 11.3 Å². The zero-order valence-electron chi connectivity index (χ0n) is 13.1. The molecule has 3 nitrogen and oxygen atoms in total. The molecule has 0 bridgehead atoms. The average molecular weight is 309 g/mol. The van der Waals surface area contributed by atoms with Gasteiger partial charge in [-0.1, -0.05) is 32.8 Å². The lowest BCUT2D eigenvalue weighted by Crippen LogP contribution is -2.46. The average Bonchev–Trinajstić information content (AvgIpc) is 2.97. The van der Waals surface area contributed by atoms with Gasteiger partial charge in [-0.3, -0.25) is 9.69 Å². The Balaban J connectivity index is 2.10. The highest BCUT2D eigenvalue weighted by molar-refractivity contribution is 7.09. The van der Waals surface area contributed by atoms with E-state index in [1.165, 1.54) is 17.7 Å². The fraction of sp³-hybridized carbons (Fsp3) is 0.706. The summed E-state index contributed by atoms with van der Waals surface area (Å²) < 4.78 is 0. The van der Waals surface area contributed by atoms with Crippen LogP contribution in [-0.4, -0.2) is 28.6 Å². The van der Waals surface area contributed by atoms with Gasteiger partial charge in [-0.05, 0) is 43.2 Å². The van der Waals surface area contributed by atoms with E-state index in [4.69, 9.17) is 0 Å². The second-order valence-electron chi connectivity index (χ2n) is 6.12. The Morgan fingerprint density at radius 3 is 2.81 bits per heavy atom. The standard InChI is InChI=1S/C17H27NO2S/c1-3-6-13-8-9-15(17(19)20)16(11-13)18(4-2)12-14-7-5-10-21-14/h5,7,10,13,15-16H,3-4,6,8-9,11-12H2,1-2H3,(H,19,20). The van der Waals surface area contributed by atoms with Crippen molar-refractivity contribution in [3.8, 4) is 0 Å². The predicted octanol–water partition coefficient (Wildman–Crippen LogP) is 4.24. The van der Waals surface area contributed by atoms with Gasteiger partial charge in [-0.2, -0.15) is 0 Å². The second-order valence-corrected chi connectivity index (χ2v) is 7.15. The van der Waals surface area contributed by atoms with Gasteiger partial charge in [0.15, 0.2) is 0 Å². The van der Waals surface area contributed by atoms with E-state index in [-0.39, 0.29) is 12.0 Å². The van der Waals surface area contributed by atoms with Crippen LogP contribution < -0.4 is 0 Å². The molecular weight excluding hydrogens is 282 g/mol. The molecular formula is C17H27NO2S. The molecule has 1 heterocycles. The summed E-state index contributed by atoms with van der Waals surface area (Å²) in [5.41, 5.74) is 0. The van der Waals surface area contributed by atoms with E-state index in [0.717, 1.165) is 32.4 Å². The summed E-state index contributed by atoms with van der Waals surface area (Å²) in [7, 11) is 0. The maximum atomic E-state index is 11.6. The minimum atomic E-state index is -0.612. The third-order valence-electron chi connectivity index (χ3n) is 4.75. The number of carbonyl (C=O) groups is 1. The molecule has 2 rings (SSSR count). The smallest absolute Gasteiger partial charge is 0.308 e. The van der Waals surface area contributed by atoms with Crippen molar-refractivity contribution in [2.45, 2.75) is 58.5 Å². The molecule has 1 aliphatic carbocycles. The first-order valence-electron chi connectivity index (χ1n) is 8.14. The van der Waals surface area contributed by atoms with E-state index < -0.39 is 5.97 Å². The third kappa shape index (κ3) is 4.30. The Kier molecular flexibility index (Phi) is 6.24. The van der Waals surface area contributed by atoms with Crippen LogP contribution >= 0.6 is 11.3 Å². The van der Waals surface area contributed by atoms with Crippen LogP contribution in [-0.2, 0) is 11.3 Å². The lowest BCUT2D eigenvalue weighted by Gasteiger charge is -2.40. The first kappa shape index (κ1) is 16.5. The van der Waals surface area contributed by atoms with Gasteiger partial charge in [0, 0.05) is 17.5 Å². The van der Waals surface area contributed by atoms with Crippen molar-refractivity contribution in [1.82, 2.24) is 4.90 Å². The number of thiophene rings is 1. The van der Waals surface area contributed by atoms with Crippen LogP contribution in [0.5, 0.6) is 0 Å². The highest BCUT2D eigenvalue weighted by atomic mass is 32.1. The number of nitrogens with zero attached hydrogens (tertiary/aromatic N) is 1. The number of hydrogen-bond acceptors (Lipinski definition) is 3. The number of aliphatic carboxylic acids is 1. The Morgan fingerprint density at radius 2 is 2.24 bits per heavy atom. The van der Waals surface area contributed by atoms with E-state index in [1.807, 2.05) is 0 Å². The third-order valence-corrected chi connectivity index (χ3v) is 5.61. The van der Waals surface area contributed by atoms with Gasteiger partial charge in [0.05, 0.1) is 5.92 Å². The van der Waals surface area contributed by atoms with Gasteiger partial charge in [0.25, 0.3) is 0 Å². The van der Waals surface area contributed by atoms with Gasteiger partial charge in [-0.15, -0.1) is 11.3 Å². The molecule has 1 N–H and O–H groups in total. The van der Waals surface area contributed by atoms with Gasteiger partial charge < -0.3 is 5.11 Å². The first-order chi connectivity index (χ1) is 10.2. The zero-order valence-corrected chi connectivity index (χ0v) is 13.9. The molecule has 0 aliphatic heterocycles. The molecule has 0 spiro atoms. The van der Waals surface area contributed by atoms with Crippen molar-refractivity contribution in [3.05, 3.63) is 22.4 Å². The summed E-state index contributed by atoms with van der Waals surface area (Å²) in [4.78, 5) is 15.3. The van der Waals surface area contributed by atoms with Crippen molar-refractivity contribution in [2.75, 3.05) is 6.54 Å². The normalized spacial score (nSPS) is 26.1. The van der Waals surface area contributed by atoms with E-state index in [9.17, 15) is 9.90 Å². The number of carboxylic acid groups (broad SMARTS) is 1. The van der Waals surface area contributed by atoms with Crippen LogP contribution in [0.1, 0.15) is 50.8 Å². The van der Waals surface area contributed by atoms with Crippen LogP contribution in [0.2, 0.25) is 0 Å². The summed E-state index contributed by atoms with van der Waals surface area (Å²) in [5.74, 6) is -0.106. The topological polar surface area (TPSA) is 40.5 Å². The Morgan fingerprint density at radius 1 is 1.43 bits per heavy atom. The van der Waals surface area contributed by atoms with Gasteiger partial charge in [0.2, 0.25) is 0 Å². The van der Waals surface area contributed by atoms with Crippen LogP contribution in [0.4, 0.5) is 0 Å². The zero-order chi connectivity index (χ0) is 15.2. The molecule has 4 heteroatoms. The van der Waals surface area contributed by atoms with Crippen molar-refractivity contribution < 1.29 is 9.90 Å². The van der Waals surface area contributed by atoms with Crippen LogP contribution in [0.15, 0.2) is 17.5 Å². The molecule has 0 saturated heterocycles. The molecule has 0 aromatic carbocycles. The van der Waals surface area contributed by atoms with Crippen molar-refractivity contribution >= 4 is 17.3 Å². The Bertz CT molecular complexity index is 432. The second kappa shape index (κ2) is 7.95. The molecule has 0 radical (unpaired) electrons. The van der Waals surface area contributed by atoms with Crippen molar-refractivity contribution in [3.63, 3.8) is 0 Å². The minimum absolute atomic E-state index is 0.194. The first-order valence-corrected chi connectivity index (χ1v) is 9.02. The Labute approximate surface area is 132 Å². The molecule has 21 heavy (non-hydrogen) atoms. The molecule has 0 amide bonds. The lowest BCUT2D eigenvalue weighted by atomic mass is 9.76. The molecule has 1 saturated carbocycles. The summed E-state index contributed by atoms with van der Waals surface area (Å²) >= 11 is 1.76. The molecule has 3 atom stereocenters. The molecule has 1 aromatic heterocycles. The summed E-state index contributed by atoms with van der Waals surface area (Å²) in [6.45, 7) is 6.18. The van der Waals surface area contributed by atoms with E-state index in [2.05, 4.69) is 36.3 Å². The van der Waals surface area contributed by atoms with E-state index in [0.29, 0.717) is 5.92 Å². The fourth-order valence-electron chi connectivity index (χ4n) is 3.66. The van der Waals surface area contributed by atoms with Crippen molar-refractivity contribution in [2.24, 2.45) is 11.8 Å². The molecule has 1 aliphatic rings. The monoisotopic (exact) mass is 309 g/mol. The van der Waals surface area contributed by atoms with Crippen LogP contribution in [0.25, 0.3) is 0 Å². The van der Waals surface area contributed by atoms with Gasteiger partial charge in [0.1, 0.15) is 0 Å². The fourth-order valence-corrected chi connectivity index (χ4v) is 4.39. The highest BCUT2D eigenvalue weighted by Gasteiger charge is 2.37. The number of hydrogen-bond donors (Lipinski definition) is 1. The number of carboxylic acids is 1. The highest BCUT2D eigenvalue weighted by Crippen LogP contribution is 2.35.